The second kappa shape index (κ2) is 4.14. The van der Waals surface area contributed by atoms with Crippen molar-refractivity contribution in [2.45, 2.75) is 44.2 Å². The summed E-state index contributed by atoms with van der Waals surface area (Å²) in [6, 6.07) is 0.477. The van der Waals surface area contributed by atoms with Gasteiger partial charge in [-0.15, -0.1) is 11.6 Å². The van der Waals surface area contributed by atoms with Crippen molar-refractivity contribution in [3.63, 3.8) is 0 Å². The van der Waals surface area contributed by atoms with Crippen molar-refractivity contribution in [2.24, 2.45) is 0 Å². The molecule has 1 fully saturated rings. The van der Waals surface area contributed by atoms with E-state index in [-0.39, 0.29) is 5.60 Å². The van der Waals surface area contributed by atoms with Gasteiger partial charge in [0.25, 0.3) is 0 Å². The lowest BCUT2D eigenvalue weighted by Gasteiger charge is -2.36. The predicted octanol–water partition coefficient (Wildman–Crippen LogP) is 2.75. The van der Waals surface area contributed by atoms with Gasteiger partial charge in [0.2, 0.25) is 0 Å². The van der Waals surface area contributed by atoms with Gasteiger partial charge in [0.05, 0.1) is 23.5 Å². The SMILES string of the molecule is CC1(C)CC(n2cncc2CCl)CCO1. The first-order valence-electron chi connectivity index (χ1n) is 5.33. The Labute approximate surface area is 95.4 Å². The van der Waals surface area contributed by atoms with Gasteiger partial charge in [-0.1, -0.05) is 0 Å². The first kappa shape index (κ1) is 11.0. The number of aromatic nitrogens is 2. The first-order chi connectivity index (χ1) is 7.12. The molecule has 1 saturated heterocycles. The minimum atomic E-state index is -0.0310. The highest BCUT2D eigenvalue weighted by Gasteiger charge is 2.30. The van der Waals surface area contributed by atoms with Gasteiger partial charge in [0.1, 0.15) is 0 Å². The van der Waals surface area contributed by atoms with Crippen molar-refractivity contribution in [1.82, 2.24) is 9.55 Å². The van der Waals surface area contributed by atoms with Crippen LogP contribution in [-0.2, 0) is 10.6 Å². The third-order valence-corrected chi connectivity index (χ3v) is 3.22. The van der Waals surface area contributed by atoms with Crippen LogP contribution in [0.15, 0.2) is 12.5 Å². The van der Waals surface area contributed by atoms with Crippen LogP contribution in [0, 0.1) is 0 Å². The van der Waals surface area contributed by atoms with Gasteiger partial charge >= 0.3 is 0 Å². The van der Waals surface area contributed by atoms with Gasteiger partial charge < -0.3 is 9.30 Å². The molecule has 84 valence electrons. The van der Waals surface area contributed by atoms with Gasteiger partial charge in [-0.2, -0.15) is 0 Å². The third kappa shape index (κ3) is 2.34. The molecule has 0 aliphatic carbocycles. The molecule has 0 N–H and O–H groups in total. The molecule has 4 heteroatoms. The third-order valence-electron chi connectivity index (χ3n) is 2.95. The molecule has 0 aromatic carbocycles. The van der Waals surface area contributed by atoms with Crippen molar-refractivity contribution in [3.05, 3.63) is 18.2 Å². The highest BCUT2D eigenvalue weighted by molar-refractivity contribution is 6.16. The molecule has 1 aromatic heterocycles. The van der Waals surface area contributed by atoms with Crippen LogP contribution in [0.1, 0.15) is 38.4 Å². The van der Waals surface area contributed by atoms with Crippen LogP contribution in [0.4, 0.5) is 0 Å². The molecule has 2 rings (SSSR count). The van der Waals surface area contributed by atoms with E-state index in [1.807, 2.05) is 12.5 Å². The van der Waals surface area contributed by atoms with Gasteiger partial charge in [0.15, 0.2) is 0 Å². The molecule has 1 aliphatic rings. The first-order valence-corrected chi connectivity index (χ1v) is 5.86. The molecular weight excluding hydrogens is 212 g/mol. The molecule has 3 nitrogen and oxygen atoms in total. The lowest BCUT2D eigenvalue weighted by atomic mass is 9.94. The molecule has 15 heavy (non-hydrogen) atoms. The maximum absolute atomic E-state index is 5.87. The van der Waals surface area contributed by atoms with E-state index in [9.17, 15) is 0 Å². The topological polar surface area (TPSA) is 27.1 Å². The number of imidazole rings is 1. The summed E-state index contributed by atoms with van der Waals surface area (Å²) in [6.07, 6.45) is 5.79. The van der Waals surface area contributed by atoms with Crippen molar-refractivity contribution in [2.75, 3.05) is 6.61 Å². The van der Waals surface area contributed by atoms with E-state index in [0.717, 1.165) is 25.1 Å². The van der Waals surface area contributed by atoms with Crippen molar-refractivity contribution < 1.29 is 4.74 Å². The summed E-state index contributed by atoms with van der Waals surface area (Å²) in [7, 11) is 0. The van der Waals surface area contributed by atoms with Crippen molar-refractivity contribution in [3.8, 4) is 0 Å². The number of halogens is 1. The fourth-order valence-corrected chi connectivity index (χ4v) is 2.41. The molecule has 0 radical (unpaired) electrons. The van der Waals surface area contributed by atoms with Gasteiger partial charge in [-0.05, 0) is 26.7 Å². The van der Waals surface area contributed by atoms with Crippen LogP contribution in [0.25, 0.3) is 0 Å². The van der Waals surface area contributed by atoms with Crippen LogP contribution in [0.2, 0.25) is 0 Å². The zero-order chi connectivity index (χ0) is 10.9. The van der Waals surface area contributed by atoms with Crippen molar-refractivity contribution >= 4 is 11.6 Å². The van der Waals surface area contributed by atoms with Crippen LogP contribution in [0.3, 0.4) is 0 Å². The van der Waals surface area contributed by atoms with Gasteiger partial charge in [0, 0.05) is 18.8 Å². The molecule has 1 aliphatic heterocycles. The summed E-state index contributed by atoms with van der Waals surface area (Å²) >= 11 is 5.87. The molecule has 2 heterocycles. The monoisotopic (exact) mass is 228 g/mol. The van der Waals surface area contributed by atoms with Crippen LogP contribution in [-0.4, -0.2) is 21.8 Å². The maximum atomic E-state index is 5.87. The molecular formula is C11H17ClN2O. The second-order valence-corrected chi connectivity index (χ2v) is 4.95. The zero-order valence-corrected chi connectivity index (χ0v) is 10.00. The van der Waals surface area contributed by atoms with E-state index in [2.05, 4.69) is 23.4 Å². The van der Waals surface area contributed by atoms with E-state index in [0.29, 0.717) is 11.9 Å². The minimum Gasteiger partial charge on any atom is -0.375 e. The van der Waals surface area contributed by atoms with E-state index < -0.39 is 0 Å². The molecule has 1 unspecified atom stereocenters. The quantitative estimate of drug-likeness (QED) is 0.728. The Hall–Kier alpha value is -0.540. The minimum absolute atomic E-state index is 0.0310. The van der Waals surface area contributed by atoms with E-state index in [1.165, 1.54) is 0 Å². The Balaban J connectivity index is 2.17. The zero-order valence-electron chi connectivity index (χ0n) is 9.24. The number of rotatable bonds is 2. The smallest absolute Gasteiger partial charge is 0.0951 e. The largest absolute Gasteiger partial charge is 0.375 e. The number of nitrogens with zero attached hydrogens (tertiary/aromatic N) is 2. The Bertz CT molecular complexity index is 335. The average Bonchev–Trinajstić information content (AvgIpc) is 2.63. The molecule has 0 amide bonds. The summed E-state index contributed by atoms with van der Waals surface area (Å²) in [5.41, 5.74) is 1.07. The second-order valence-electron chi connectivity index (χ2n) is 4.68. The highest BCUT2D eigenvalue weighted by Crippen LogP contribution is 2.32. The normalized spacial score (nSPS) is 25.4. The van der Waals surface area contributed by atoms with Crippen LogP contribution < -0.4 is 0 Å². The molecule has 1 aromatic rings. The van der Waals surface area contributed by atoms with Crippen molar-refractivity contribution in [1.29, 1.82) is 0 Å². The Morgan fingerprint density at radius 2 is 2.47 bits per heavy atom. The molecule has 1 atom stereocenters. The number of hydrogen-bond acceptors (Lipinski definition) is 2. The Kier molecular flexibility index (Phi) is 3.03. The van der Waals surface area contributed by atoms with E-state index >= 15 is 0 Å². The number of alkyl halides is 1. The predicted molar refractivity (Wildman–Crippen MR) is 60.1 cm³/mol. The summed E-state index contributed by atoms with van der Waals surface area (Å²) in [4.78, 5) is 4.15. The summed E-state index contributed by atoms with van der Waals surface area (Å²) in [5.74, 6) is 0.526. The molecule has 0 saturated carbocycles. The maximum Gasteiger partial charge on any atom is 0.0951 e. The fourth-order valence-electron chi connectivity index (χ4n) is 2.20. The lowest BCUT2D eigenvalue weighted by Crippen LogP contribution is -2.35. The molecule has 0 bridgehead atoms. The summed E-state index contributed by atoms with van der Waals surface area (Å²) in [6.45, 7) is 5.09. The lowest BCUT2D eigenvalue weighted by molar-refractivity contribution is -0.0693. The Morgan fingerprint density at radius 3 is 3.13 bits per heavy atom. The van der Waals surface area contributed by atoms with Crippen LogP contribution >= 0.6 is 11.6 Å². The Morgan fingerprint density at radius 1 is 1.67 bits per heavy atom. The summed E-state index contributed by atoms with van der Waals surface area (Å²) in [5, 5.41) is 0. The number of hydrogen-bond donors (Lipinski definition) is 0. The van der Waals surface area contributed by atoms with E-state index in [4.69, 9.17) is 16.3 Å². The average molecular weight is 229 g/mol. The van der Waals surface area contributed by atoms with Gasteiger partial charge in [-0.3, -0.25) is 0 Å². The molecule has 0 spiro atoms. The standard InChI is InChI=1S/C11H17ClN2O/c1-11(2)5-9(3-4-15-11)14-8-13-7-10(14)6-12/h7-9H,3-6H2,1-2H3. The van der Waals surface area contributed by atoms with Gasteiger partial charge in [-0.25, -0.2) is 4.98 Å². The number of ether oxygens (including phenoxy) is 1. The van der Waals surface area contributed by atoms with Crippen LogP contribution in [0.5, 0.6) is 0 Å². The summed E-state index contributed by atoms with van der Waals surface area (Å²) < 4.78 is 7.89. The fraction of sp³-hybridized carbons (Fsp3) is 0.727. The highest BCUT2D eigenvalue weighted by atomic mass is 35.5. The van der Waals surface area contributed by atoms with E-state index in [1.54, 1.807) is 0 Å².